The van der Waals surface area contributed by atoms with E-state index in [0.29, 0.717) is 12.3 Å². The van der Waals surface area contributed by atoms with Gasteiger partial charge in [-0.1, -0.05) is 37.3 Å². The number of hydrogen-bond acceptors (Lipinski definition) is 4. The number of esters is 1. The summed E-state index contributed by atoms with van der Waals surface area (Å²) in [4.78, 5) is 22.8. The molecule has 116 valence electrons. The third kappa shape index (κ3) is 4.77. The van der Waals surface area contributed by atoms with E-state index in [1.165, 1.54) is 0 Å². The van der Waals surface area contributed by atoms with Gasteiger partial charge in [-0.25, -0.2) is 4.79 Å². The maximum atomic E-state index is 11.5. The Morgan fingerprint density at radius 3 is 2.59 bits per heavy atom. The summed E-state index contributed by atoms with van der Waals surface area (Å²) in [5.41, 5.74) is 0. The summed E-state index contributed by atoms with van der Waals surface area (Å²) in [6.45, 7) is 2.02. The van der Waals surface area contributed by atoms with Gasteiger partial charge in [0.15, 0.2) is 13.2 Å². The Kier molecular flexibility index (Phi) is 5.77. The van der Waals surface area contributed by atoms with E-state index in [-0.39, 0.29) is 19.1 Å². The molecule has 22 heavy (non-hydrogen) atoms. The van der Waals surface area contributed by atoms with E-state index in [1.54, 1.807) is 6.07 Å². The van der Waals surface area contributed by atoms with Gasteiger partial charge in [0, 0.05) is 6.54 Å². The van der Waals surface area contributed by atoms with Gasteiger partial charge in [-0.2, -0.15) is 0 Å². The van der Waals surface area contributed by atoms with E-state index in [1.807, 2.05) is 43.3 Å². The average molecular weight is 301 g/mol. The van der Waals surface area contributed by atoms with Crippen LogP contribution in [0.25, 0.3) is 10.8 Å². The van der Waals surface area contributed by atoms with E-state index >= 15 is 0 Å². The van der Waals surface area contributed by atoms with Gasteiger partial charge in [-0.15, -0.1) is 0 Å². The summed E-state index contributed by atoms with van der Waals surface area (Å²) < 4.78 is 10.2. The van der Waals surface area contributed by atoms with Gasteiger partial charge in [-0.3, -0.25) is 4.79 Å². The number of nitrogens with one attached hydrogen (secondary N) is 1. The summed E-state index contributed by atoms with van der Waals surface area (Å²) in [5.74, 6) is -0.285. The van der Waals surface area contributed by atoms with Crippen LogP contribution >= 0.6 is 0 Å². The standard InChI is InChI=1S/C17H19NO4/c1-2-9-18-16(19)11-22-17(20)12-21-15-8-7-13-5-3-4-6-14(13)10-15/h3-8,10H,2,9,11-12H2,1H3,(H,18,19). The Morgan fingerprint density at radius 2 is 1.82 bits per heavy atom. The third-order valence-corrected chi connectivity index (χ3v) is 3.01. The van der Waals surface area contributed by atoms with Crippen LogP contribution in [0.5, 0.6) is 5.75 Å². The molecule has 2 aromatic carbocycles. The van der Waals surface area contributed by atoms with Crippen molar-refractivity contribution in [1.82, 2.24) is 5.32 Å². The highest BCUT2D eigenvalue weighted by Gasteiger charge is 2.08. The molecule has 0 aliphatic carbocycles. The number of ether oxygens (including phenoxy) is 2. The predicted octanol–water partition coefficient (Wildman–Crippen LogP) is 2.29. The fourth-order valence-corrected chi connectivity index (χ4v) is 1.90. The zero-order chi connectivity index (χ0) is 15.8. The first-order chi connectivity index (χ1) is 10.7. The van der Waals surface area contributed by atoms with Crippen LogP contribution in [0.3, 0.4) is 0 Å². The Bertz CT molecular complexity index is 654. The van der Waals surface area contributed by atoms with Crippen molar-refractivity contribution in [1.29, 1.82) is 0 Å². The zero-order valence-electron chi connectivity index (χ0n) is 12.5. The Hall–Kier alpha value is -2.56. The van der Waals surface area contributed by atoms with Crippen molar-refractivity contribution in [2.75, 3.05) is 19.8 Å². The van der Waals surface area contributed by atoms with Crippen molar-refractivity contribution < 1.29 is 19.1 Å². The van der Waals surface area contributed by atoms with Crippen molar-refractivity contribution in [3.63, 3.8) is 0 Å². The molecule has 0 aliphatic rings. The molecule has 0 fully saturated rings. The number of fused-ring (bicyclic) bond motifs is 1. The molecule has 0 saturated carbocycles. The monoisotopic (exact) mass is 301 g/mol. The molecule has 0 aromatic heterocycles. The van der Waals surface area contributed by atoms with E-state index in [9.17, 15) is 9.59 Å². The van der Waals surface area contributed by atoms with Gasteiger partial charge < -0.3 is 14.8 Å². The lowest BCUT2D eigenvalue weighted by atomic mass is 10.1. The molecule has 0 radical (unpaired) electrons. The first-order valence-electron chi connectivity index (χ1n) is 7.23. The average Bonchev–Trinajstić information content (AvgIpc) is 2.56. The second-order valence-corrected chi connectivity index (χ2v) is 4.81. The van der Waals surface area contributed by atoms with Crippen LogP contribution < -0.4 is 10.1 Å². The predicted molar refractivity (Wildman–Crippen MR) is 83.7 cm³/mol. The summed E-state index contributed by atoms with van der Waals surface area (Å²) >= 11 is 0. The molecule has 0 heterocycles. The molecule has 0 atom stereocenters. The SMILES string of the molecule is CCCNC(=O)COC(=O)COc1ccc2ccccc2c1. The highest BCUT2D eigenvalue weighted by atomic mass is 16.6. The van der Waals surface area contributed by atoms with Crippen molar-refractivity contribution in [2.24, 2.45) is 0 Å². The molecule has 5 nitrogen and oxygen atoms in total. The number of benzene rings is 2. The number of carbonyl (C=O) groups excluding carboxylic acids is 2. The van der Waals surface area contributed by atoms with Crippen LogP contribution in [0.15, 0.2) is 42.5 Å². The number of carbonyl (C=O) groups is 2. The lowest BCUT2D eigenvalue weighted by Crippen LogP contribution is -2.30. The van der Waals surface area contributed by atoms with Crippen LogP contribution in [0.1, 0.15) is 13.3 Å². The largest absolute Gasteiger partial charge is 0.482 e. The molecule has 1 N–H and O–H groups in total. The fourth-order valence-electron chi connectivity index (χ4n) is 1.90. The molecule has 2 rings (SSSR count). The normalized spacial score (nSPS) is 10.2. The highest BCUT2D eigenvalue weighted by Crippen LogP contribution is 2.20. The van der Waals surface area contributed by atoms with E-state index < -0.39 is 5.97 Å². The van der Waals surface area contributed by atoms with Crippen molar-refractivity contribution >= 4 is 22.6 Å². The Balaban J connectivity index is 1.78. The minimum atomic E-state index is -0.570. The quantitative estimate of drug-likeness (QED) is 0.797. The first-order valence-corrected chi connectivity index (χ1v) is 7.23. The second-order valence-electron chi connectivity index (χ2n) is 4.81. The topological polar surface area (TPSA) is 64.6 Å². The van der Waals surface area contributed by atoms with Crippen LogP contribution in [0.2, 0.25) is 0 Å². The number of amides is 1. The van der Waals surface area contributed by atoms with Gasteiger partial charge in [0.2, 0.25) is 0 Å². The second kappa shape index (κ2) is 8.02. The molecule has 0 saturated heterocycles. The summed E-state index contributed by atoms with van der Waals surface area (Å²) in [7, 11) is 0. The van der Waals surface area contributed by atoms with E-state index in [0.717, 1.165) is 17.2 Å². The summed E-state index contributed by atoms with van der Waals surface area (Å²) in [6, 6.07) is 13.5. The molecule has 0 unspecified atom stereocenters. The van der Waals surface area contributed by atoms with Crippen LogP contribution in [-0.4, -0.2) is 31.6 Å². The number of rotatable bonds is 7. The van der Waals surface area contributed by atoms with Crippen molar-refractivity contribution in [3.05, 3.63) is 42.5 Å². The molecule has 5 heteroatoms. The minimum absolute atomic E-state index is 0.223. The van der Waals surface area contributed by atoms with Crippen LogP contribution in [0, 0.1) is 0 Å². The van der Waals surface area contributed by atoms with Gasteiger partial charge in [-0.05, 0) is 29.3 Å². The van der Waals surface area contributed by atoms with Crippen LogP contribution in [0.4, 0.5) is 0 Å². The molecule has 1 amide bonds. The highest BCUT2D eigenvalue weighted by molar-refractivity contribution is 5.84. The van der Waals surface area contributed by atoms with Crippen LogP contribution in [-0.2, 0) is 14.3 Å². The van der Waals surface area contributed by atoms with E-state index in [2.05, 4.69) is 5.32 Å². The smallest absolute Gasteiger partial charge is 0.344 e. The molecule has 2 aromatic rings. The summed E-state index contributed by atoms with van der Waals surface area (Å²) in [5, 5.41) is 4.76. The fraction of sp³-hybridized carbons (Fsp3) is 0.294. The van der Waals surface area contributed by atoms with Gasteiger partial charge in [0.1, 0.15) is 5.75 Å². The number of hydrogen-bond donors (Lipinski definition) is 1. The van der Waals surface area contributed by atoms with Crippen molar-refractivity contribution in [3.8, 4) is 5.75 Å². The Labute approximate surface area is 129 Å². The molecular weight excluding hydrogens is 282 g/mol. The molecule has 0 bridgehead atoms. The first kappa shape index (κ1) is 15.8. The molecule has 0 aliphatic heterocycles. The summed E-state index contributed by atoms with van der Waals surface area (Å²) in [6.07, 6.45) is 0.838. The van der Waals surface area contributed by atoms with Gasteiger partial charge >= 0.3 is 5.97 Å². The maximum Gasteiger partial charge on any atom is 0.344 e. The van der Waals surface area contributed by atoms with Gasteiger partial charge in [0.25, 0.3) is 5.91 Å². The molecule has 0 spiro atoms. The van der Waals surface area contributed by atoms with E-state index in [4.69, 9.17) is 9.47 Å². The third-order valence-electron chi connectivity index (χ3n) is 3.01. The minimum Gasteiger partial charge on any atom is -0.482 e. The zero-order valence-corrected chi connectivity index (χ0v) is 12.5. The Morgan fingerprint density at radius 1 is 1.05 bits per heavy atom. The maximum absolute atomic E-state index is 11.5. The van der Waals surface area contributed by atoms with Crippen molar-refractivity contribution in [2.45, 2.75) is 13.3 Å². The molecular formula is C17H19NO4. The van der Waals surface area contributed by atoms with Gasteiger partial charge in [0.05, 0.1) is 0 Å². The lowest BCUT2D eigenvalue weighted by Gasteiger charge is -2.08. The lowest BCUT2D eigenvalue weighted by molar-refractivity contribution is -0.150.